The maximum Gasteiger partial charge on any atom is 0.305 e. The van der Waals surface area contributed by atoms with Gasteiger partial charge in [-0.05, 0) is 44.4 Å². The van der Waals surface area contributed by atoms with Gasteiger partial charge in [0, 0.05) is 6.61 Å². The standard InChI is InChI=1S/C19H23N3O4/c1-12-4-5-13(2)16(8-12)22-14(3)15(10-20-22)18(25)21-19(9-17(23)24)6-7-26-11-19/h4-5,8,10H,6-7,9,11H2,1-3H3,(H,21,25)(H,23,24). The van der Waals surface area contributed by atoms with E-state index in [4.69, 9.17) is 9.84 Å². The Labute approximate surface area is 152 Å². The predicted octanol–water partition coefficient (Wildman–Crippen LogP) is 2.16. The minimum Gasteiger partial charge on any atom is -0.481 e. The number of hydrogen-bond donors (Lipinski definition) is 2. The smallest absolute Gasteiger partial charge is 0.305 e. The van der Waals surface area contributed by atoms with Crippen LogP contribution in [0.15, 0.2) is 24.4 Å². The third kappa shape index (κ3) is 3.48. The lowest BCUT2D eigenvalue weighted by molar-refractivity contribution is -0.138. The molecule has 7 nitrogen and oxygen atoms in total. The summed E-state index contributed by atoms with van der Waals surface area (Å²) in [7, 11) is 0. The third-order valence-electron chi connectivity index (χ3n) is 4.82. The summed E-state index contributed by atoms with van der Waals surface area (Å²) >= 11 is 0. The number of aryl methyl sites for hydroxylation is 2. The number of benzene rings is 1. The second-order valence-electron chi connectivity index (χ2n) is 6.95. The Morgan fingerprint density at radius 2 is 2.12 bits per heavy atom. The highest BCUT2D eigenvalue weighted by Crippen LogP contribution is 2.25. The Balaban J connectivity index is 1.88. The predicted molar refractivity (Wildman–Crippen MR) is 95.7 cm³/mol. The Morgan fingerprint density at radius 3 is 2.77 bits per heavy atom. The van der Waals surface area contributed by atoms with Crippen LogP contribution in [-0.2, 0) is 9.53 Å². The number of amides is 1. The van der Waals surface area contributed by atoms with Gasteiger partial charge < -0.3 is 15.2 Å². The maximum atomic E-state index is 12.8. The van der Waals surface area contributed by atoms with E-state index >= 15 is 0 Å². The van der Waals surface area contributed by atoms with E-state index in [0.717, 1.165) is 16.8 Å². The van der Waals surface area contributed by atoms with Crippen molar-refractivity contribution in [3.63, 3.8) is 0 Å². The fourth-order valence-corrected chi connectivity index (χ4v) is 3.31. The van der Waals surface area contributed by atoms with Crippen LogP contribution in [0.2, 0.25) is 0 Å². The molecule has 138 valence electrons. The van der Waals surface area contributed by atoms with Gasteiger partial charge in [-0.3, -0.25) is 9.59 Å². The number of ether oxygens (including phenoxy) is 1. The topological polar surface area (TPSA) is 93.5 Å². The molecule has 7 heteroatoms. The van der Waals surface area contributed by atoms with Crippen LogP contribution in [0, 0.1) is 20.8 Å². The van der Waals surface area contributed by atoms with Crippen molar-refractivity contribution in [3.05, 3.63) is 46.8 Å². The summed E-state index contributed by atoms with van der Waals surface area (Å²) in [5, 5.41) is 16.4. The van der Waals surface area contributed by atoms with Gasteiger partial charge in [0.1, 0.15) is 0 Å². The summed E-state index contributed by atoms with van der Waals surface area (Å²) < 4.78 is 7.08. The molecule has 1 atom stereocenters. The first kappa shape index (κ1) is 18.1. The minimum atomic E-state index is -0.960. The van der Waals surface area contributed by atoms with Crippen LogP contribution in [0.1, 0.15) is 40.0 Å². The minimum absolute atomic E-state index is 0.164. The maximum absolute atomic E-state index is 12.8. The number of aliphatic carboxylic acids is 1. The third-order valence-corrected chi connectivity index (χ3v) is 4.82. The number of carboxylic acid groups (broad SMARTS) is 1. The van der Waals surface area contributed by atoms with Crippen molar-refractivity contribution in [2.45, 2.75) is 39.2 Å². The number of nitrogens with zero attached hydrogens (tertiary/aromatic N) is 2. The van der Waals surface area contributed by atoms with Gasteiger partial charge in [0.15, 0.2) is 0 Å². The zero-order chi connectivity index (χ0) is 18.9. The van der Waals surface area contributed by atoms with Crippen molar-refractivity contribution >= 4 is 11.9 Å². The van der Waals surface area contributed by atoms with Crippen LogP contribution in [0.4, 0.5) is 0 Å². The van der Waals surface area contributed by atoms with Crippen LogP contribution in [0.5, 0.6) is 0 Å². The quantitative estimate of drug-likeness (QED) is 0.855. The first-order valence-electron chi connectivity index (χ1n) is 8.56. The monoisotopic (exact) mass is 357 g/mol. The molecule has 1 aromatic carbocycles. The summed E-state index contributed by atoms with van der Waals surface area (Å²) in [4.78, 5) is 24.0. The molecular weight excluding hydrogens is 334 g/mol. The van der Waals surface area contributed by atoms with Gasteiger partial charge in [0.25, 0.3) is 5.91 Å². The molecule has 2 aromatic rings. The van der Waals surface area contributed by atoms with Crippen LogP contribution in [0.25, 0.3) is 5.69 Å². The fraction of sp³-hybridized carbons (Fsp3) is 0.421. The highest BCUT2D eigenvalue weighted by Gasteiger charge is 2.39. The summed E-state index contributed by atoms with van der Waals surface area (Å²) in [5.74, 6) is -1.29. The van der Waals surface area contributed by atoms with Gasteiger partial charge in [0.05, 0.1) is 41.7 Å². The molecular formula is C19H23N3O4. The number of rotatable bonds is 5. The average molecular weight is 357 g/mol. The SMILES string of the molecule is Cc1ccc(C)c(-n2ncc(C(=O)NC3(CC(=O)O)CCOC3)c2C)c1. The normalized spacial score (nSPS) is 19.5. The van der Waals surface area contributed by atoms with Gasteiger partial charge in [-0.1, -0.05) is 12.1 Å². The van der Waals surface area contributed by atoms with E-state index in [0.29, 0.717) is 24.3 Å². The number of hydrogen-bond acceptors (Lipinski definition) is 4. The lowest BCUT2D eigenvalue weighted by Crippen LogP contribution is -2.50. The van der Waals surface area contributed by atoms with Gasteiger partial charge >= 0.3 is 5.97 Å². The summed E-state index contributed by atoms with van der Waals surface area (Å²) in [6.07, 6.45) is 1.84. The van der Waals surface area contributed by atoms with E-state index in [1.807, 2.05) is 39.0 Å². The molecule has 1 fully saturated rings. The zero-order valence-corrected chi connectivity index (χ0v) is 15.2. The van der Waals surface area contributed by atoms with Crippen LogP contribution < -0.4 is 5.32 Å². The molecule has 0 spiro atoms. The molecule has 0 radical (unpaired) electrons. The van der Waals surface area contributed by atoms with E-state index in [1.165, 1.54) is 6.20 Å². The zero-order valence-electron chi connectivity index (χ0n) is 15.2. The van der Waals surface area contributed by atoms with E-state index < -0.39 is 11.5 Å². The van der Waals surface area contributed by atoms with E-state index in [-0.39, 0.29) is 18.9 Å². The Morgan fingerprint density at radius 1 is 1.35 bits per heavy atom. The molecule has 1 aromatic heterocycles. The van der Waals surface area contributed by atoms with Gasteiger partial charge in [-0.25, -0.2) is 4.68 Å². The molecule has 2 N–H and O–H groups in total. The van der Waals surface area contributed by atoms with Gasteiger partial charge in [-0.2, -0.15) is 5.10 Å². The largest absolute Gasteiger partial charge is 0.481 e. The highest BCUT2D eigenvalue weighted by atomic mass is 16.5. The molecule has 1 aliphatic heterocycles. The second kappa shape index (κ2) is 6.92. The fourth-order valence-electron chi connectivity index (χ4n) is 3.31. The molecule has 2 heterocycles. The van der Waals surface area contributed by atoms with Crippen molar-refractivity contribution in [2.24, 2.45) is 0 Å². The summed E-state index contributed by atoms with van der Waals surface area (Å²) in [6.45, 7) is 6.47. The molecule has 0 saturated carbocycles. The molecule has 1 amide bonds. The second-order valence-corrected chi connectivity index (χ2v) is 6.95. The molecule has 26 heavy (non-hydrogen) atoms. The van der Waals surface area contributed by atoms with E-state index in [1.54, 1.807) is 4.68 Å². The highest BCUT2D eigenvalue weighted by molar-refractivity contribution is 5.96. The number of carbonyl (C=O) groups excluding carboxylic acids is 1. The lowest BCUT2D eigenvalue weighted by Gasteiger charge is -2.26. The van der Waals surface area contributed by atoms with E-state index in [9.17, 15) is 9.59 Å². The molecule has 0 aliphatic carbocycles. The number of nitrogens with one attached hydrogen (secondary N) is 1. The summed E-state index contributed by atoms with van der Waals surface area (Å²) in [6, 6.07) is 6.07. The first-order valence-corrected chi connectivity index (χ1v) is 8.56. The lowest BCUT2D eigenvalue weighted by atomic mass is 9.94. The number of aromatic nitrogens is 2. The van der Waals surface area contributed by atoms with Crippen LogP contribution in [-0.4, -0.2) is 45.5 Å². The molecule has 1 aliphatic rings. The molecule has 0 bridgehead atoms. The van der Waals surface area contributed by atoms with Crippen LogP contribution >= 0.6 is 0 Å². The van der Waals surface area contributed by atoms with Crippen molar-refractivity contribution in [1.29, 1.82) is 0 Å². The van der Waals surface area contributed by atoms with Crippen LogP contribution in [0.3, 0.4) is 0 Å². The van der Waals surface area contributed by atoms with Crippen molar-refractivity contribution < 1.29 is 19.4 Å². The Bertz CT molecular complexity index is 850. The average Bonchev–Trinajstić information content (AvgIpc) is 3.16. The molecule has 1 unspecified atom stereocenters. The Hall–Kier alpha value is -2.67. The molecule has 3 rings (SSSR count). The van der Waals surface area contributed by atoms with Crippen molar-refractivity contribution in [2.75, 3.05) is 13.2 Å². The number of carbonyl (C=O) groups is 2. The first-order chi connectivity index (χ1) is 12.3. The Kier molecular flexibility index (Phi) is 4.82. The van der Waals surface area contributed by atoms with Crippen molar-refractivity contribution in [1.82, 2.24) is 15.1 Å². The van der Waals surface area contributed by atoms with E-state index in [2.05, 4.69) is 10.4 Å². The number of carboxylic acids is 1. The summed E-state index contributed by atoms with van der Waals surface area (Å²) in [5.41, 5.74) is 3.36. The van der Waals surface area contributed by atoms with Crippen molar-refractivity contribution in [3.8, 4) is 5.69 Å². The molecule has 1 saturated heterocycles. The van der Waals surface area contributed by atoms with Gasteiger partial charge in [-0.15, -0.1) is 0 Å². The van der Waals surface area contributed by atoms with Gasteiger partial charge in [0.2, 0.25) is 0 Å².